The van der Waals surface area contributed by atoms with Crippen molar-refractivity contribution in [1.29, 1.82) is 0 Å². The van der Waals surface area contributed by atoms with E-state index >= 15 is 0 Å². The molecule has 0 amide bonds. The Morgan fingerprint density at radius 2 is 1.06 bits per heavy atom. The number of rotatable bonds is 2. The summed E-state index contributed by atoms with van der Waals surface area (Å²) in [5.74, 6) is 0. The van der Waals surface area contributed by atoms with Crippen LogP contribution in [0.2, 0.25) is 10.0 Å². The minimum absolute atomic E-state index is 0.130. The Balaban J connectivity index is 2.41. The minimum atomic E-state index is -0.130. The second kappa shape index (κ2) is 4.98. The van der Waals surface area contributed by atoms with Crippen LogP contribution in [0.3, 0.4) is 0 Å². The van der Waals surface area contributed by atoms with Crippen LogP contribution in [0.15, 0.2) is 48.5 Å². The Morgan fingerprint density at radius 1 is 0.765 bits per heavy atom. The summed E-state index contributed by atoms with van der Waals surface area (Å²) in [6.07, 6.45) is 0. The second-order valence-corrected chi connectivity index (χ2v) is 6.24. The molecule has 2 rings (SSSR count). The molecule has 0 nitrogen and oxygen atoms in total. The Bertz CT molecular complexity index is 453. The molecule has 2 aromatic carbocycles. The summed E-state index contributed by atoms with van der Waals surface area (Å²) in [5, 5.41) is 1.38. The van der Waals surface area contributed by atoms with Crippen LogP contribution in [0.25, 0.3) is 0 Å². The zero-order valence-corrected chi connectivity index (χ0v) is 12.1. The first-order valence-electron chi connectivity index (χ1n) is 5.31. The topological polar surface area (TPSA) is 0 Å². The second-order valence-electron chi connectivity index (χ2n) is 4.22. The molecule has 2 aromatic rings. The molecule has 0 aromatic heterocycles. The Hall–Kier alpha value is -0.550. The van der Waals surface area contributed by atoms with E-state index < -0.39 is 0 Å². The van der Waals surface area contributed by atoms with Gasteiger partial charge in [-0.05, 0) is 42.3 Å². The van der Waals surface area contributed by atoms with Crippen molar-refractivity contribution in [2.45, 2.75) is 12.1 Å². The molecule has 0 heterocycles. The van der Waals surface area contributed by atoms with Crippen LogP contribution >= 0.6 is 32.4 Å². The van der Waals surface area contributed by atoms with Gasteiger partial charge in [-0.3, -0.25) is 0 Å². The Kier molecular flexibility index (Phi) is 3.78. The highest BCUT2D eigenvalue weighted by Crippen LogP contribution is 2.38. The molecule has 88 valence electrons. The summed E-state index contributed by atoms with van der Waals surface area (Å²) < 4.78 is 0. The minimum Gasteiger partial charge on any atom is -0.122 e. The van der Waals surface area contributed by atoms with Crippen LogP contribution in [0.1, 0.15) is 18.1 Å². The summed E-state index contributed by atoms with van der Waals surface area (Å²) in [5.41, 5.74) is 2.41. The maximum atomic E-state index is 5.90. The number of halogens is 2. The predicted molar refractivity (Wildman–Crippen MR) is 79.1 cm³/mol. The quantitative estimate of drug-likeness (QED) is 0.670. The molecule has 0 fully saturated rings. The van der Waals surface area contributed by atoms with Gasteiger partial charge in [0.1, 0.15) is 0 Å². The van der Waals surface area contributed by atoms with Crippen LogP contribution in [0, 0.1) is 0 Å². The standard InChI is InChI=1S/C14H13Cl2P/c1-14(17,10-2-6-12(15)7-3-10)11-4-8-13(16)9-5-11/h2-9H,17H2,1H3. The van der Waals surface area contributed by atoms with Crippen LogP contribution < -0.4 is 0 Å². The van der Waals surface area contributed by atoms with Crippen LogP contribution in [0.5, 0.6) is 0 Å². The summed E-state index contributed by atoms with van der Waals surface area (Å²) in [6, 6.07) is 15.8. The lowest BCUT2D eigenvalue weighted by Gasteiger charge is -2.26. The van der Waals surface area contributed by atoms with E-state index in [9.17, 15) is 0 Å². The van der Waals surface area contributed by atoms with Crippen molar-refractivity contribution in [1.82, 2.24) is 0 Å². The molecule has 3 heteroatoms. The van der Waals surface area contributed by atoms with E-state index in [1.807, 2.05) is 48.5 Å². The highest BCUT2D eigenvalue weighted by atomic mass is 35.5. The van der Waals surface area contributed by atoms with Crippen LogP contribution in [-0.4, -0.2) is 0 Å². The zero-order chi connectivity index (χ0) is 12.5. The van der Waals surface area contributed by atoms with Crippen molar-refractivity contribution in [3.05, 3.63) is 69.7 Å². The van der Waals surface area contributed by atoms with Crippen molar-refractivity contribution >= 4 is 32.4 Å². The predicted octanol–water partition coefficient (Wildman–Crippen LogP) is 5.13. The van der Waals surface area contributed by atoms with Gasteiger partial charge >= 0.3 is 0 Å². The fourth-order valence-corrected chi connectivity index (χ4v) is 2.40. The molecule has 1 unspecified atom stereocenters. The number of benzene rings is 2. The fourth-order valence-electron chi connectivity index (χ4n) is 1.76. The lowest BCUT2D eigenvalue weighted by atomic mass is 9.92. The van der Waals surface area contributed by atoms with Gasteiger partial charge in [0.15, 0.2) is 0 Å². The van der Waals surface area contributed by atoms with Gasteiger partial charge in [0, 0.05) is 15.2 Å². The molecule has 1 atom stereocenters. The molecule has 0 saturated carbocycles. The lowest BCUT2D eigenvalue weighted by molar-refractivity contribution is 0.840. The number of hydrogen-bond donors (Lipinski definition) is 0. The third kappa shape index (κ3) is 2.83. The van der Waals surface area contributed by atoms with E-state index in [-0.39, 0.29) is 5.16 Å². The first-order valence-corrected chi connectivity index (χ1v) is 6.64. The Morgan fingerprint density at radius 3 is 1.35 bits per heavy atom. The normalized spacial score (nSPS) is 11.5. The molecule has 0 N–H and O–H groups in total. The first kappa shape index (κ1) is 12.9. The lowest BCUT2D eigenvalue weighted by Crippen LogP contribution is -2.14. The zero-order valence-electron chi connectivity index (χ0n) is 9.45. The SMILES string of the molecule is CC(P)(c1ccc(Cl)cc1)c1ccc(Cl)cc1. The fraction of sp³-hybridized carbons (Fsp3) is 0.143. The smallest absolute Gasteiger partial charge is 0.0406 e. The van der Waals surface area contributed by atoms with Crippen molar-refractivity contribution in [3.63, 3.8) is 0 Å². The van der Waals surface area contributed by atoms with E-state index in [4.69, 9.17) is 23.2 Å². The molecule has 0 aliphatic rings. The van der Waals surface area contributed by atoms with Crippen molar-refractivity contribution in [3.8, 4) is 0 Å². The van der Waals surface area contributed by atoms with Crippen molar-refractivity contribution in [2.24, 2.45) is 0 Å². The molecule has 0 aliphatic carbocycles. The summed E-state index contributed by atoms with van der Waals surface area (Å²) in [7, 11) is 2.89. The third-order valence-electron chi connectivity index (χ3n) is 2.89. The summed E-state index contributed by atoms with van der Waals surface area (Å²) >= 11 is 11.8. The molecule has 0 aliphatic heterocycles. The summed E-state index contributed by atoms with van der Waals surface area (Å²) in [4.78, 5) is 0. The highest BCUT2D eigenvalue weighted by Gasteiger charge is 2.22. The van der Waals surface area contributed by atoms with Gasteiger partial charge in [-0.15, -0.1) is 9.24 Å². The van der Waals surface area contributed by atoms with Gasteiger partial charge in [-0.1, -0.05) is 47.5 Å². The molecule has 0 spiro atoms. The third-order valence-corrected chi connectivity index (χ3v) is 4.06. The van der Waals surface area contributed by atoms with Gasteiger partial charge in [0.05, 0.1) is 0 Å². The van der Waals surface area contributed by atoms with E-state index in [0.717, 1.165) is 10.0 Å². The van der Waals surface area contributed by atoms with Gasteiger partial charge in [0.2, 0.25) is 0 Å². The van der Waals surface area contributed by atoms with Crippen LogP contribution in [-0.2, 0) is 5.16 Å². The van der Waals surface area contributed by atoms with Crippen molar-refractivity contribution in [2.75, 3.05) is 0 Å². The largest absolute Gasteiger partial charge is 0.122 e. The monoisotopic (exact) mass is 282 g/mol. The maximum Gasteiger partial charge on any atom is 0.0406 e. The summed E-state index contributed by atoms with van der Waals surface area (Å²) in [6.45, 7) is 2.16. The molecule has 0 bridgehead atoms. The number of hydrogen-bond acceptors (Lipinski definition) is 0. The van der Waals surface area contributed by atoms with E-state index in [2.05, 4.69) is 16.2 Å². The van der Waals surface area contributed by atoms with Gasteiger partial charge in [0.25, 0.3) is 0 Å². The van der Waals surface area contributed by atoms with Crippen LogP contribution in [0.4, 0.5) is 0 Å². The van der Waals surface area contributed by atoms with E-state index in [0.29, 0.717) is 0 Å². The molecule has 17 heavy (non-hydrogen) atoms. The molecule has 0 saturated heterocycles. The van der Waals surface area contributed by atoms with Crippen molar-refractivity contribution < 1.29 is 0 Å². The van der Waals surface area contributed by atoms with Gasteiger partial charge in [-0.2, -0.15) is 0 Å². The van der Waals surface area contributed by atoms with Gasteiger partial charge in [-0.25, -0.2) is 0 Å². The first-order chi connectivity index (χ1) is 8.00. The Labute approximate surface area is 114 Å². The van der Waals surface area contributed by atoms with E-state index in [1.54, 1.807) is 0 Å². The molecular weight excluding hydrogens is 270 g/mol. The average Bonchev–Trinajstić information content (AvgIpc) is 2.30. The average molecular weight is 283 g/mol. The van der Waals surface area contributed by atoms with Gasteiger partial charge < -0.3 is 0 Å². The van der Waals surface area contributed by atoms with E-state index in [1.165, 1.54) is 11.1 Å². The maximum absolute atomic E-state index is 5.90. The molecule has 0 radical (unpaired) electrons. The molecular formula is C14H13Cl2P. The highest BCUT2D eigenvalue weighted by molar-refractivity contribution is 7.18.